The number of nitrogens with zero attached hydrogens (tertiary/aromatic N) is 3. The van der Waals surface area contributed by atoms with E-state index in [0.717, 1.165) is 22.0 Å². The highest BCUT2D eigenvalue weighted by Crippen LogP contribution is 2.30. The van der Waals surface area contributed by atoms with Crippen LogP contribution < -0.4 is 9.04 Å². The average molecular weight is 493 g/mol. The van der Waals surface area contributed by atoms with Crippen LogP contribution in [0.25, 0.3) is 5.65 Å². The lowest BCUT2D eigenvalue weighted by atomic mass is 10.2. The molecular weight excluding hydrogens is 474 g/mol. The molecule has 0 saturated carbocycles. The van der Waals surface area contributed by atoms with Gasteiger partial charge in [-0.2, -0.15) is 0 Å². The number of benzene rings is 2. The summed E-state index contributed by atoms with van der Waals surface area (Å²) in [5.41, 5.74) is 1.98. The Balaban J connectivity index is 1.79. The highest BCUT2D eigenvalue weighted by atomic mass is 32.2. The van der Waals surface area contributed by atoms with Crippen LogP contribution in [-0.2, 0) is 16.6 Å². The molecule has 0 fully saturated rings. The molecule has 178 valence electrons. The first-order valence-electron chi connectivity index (χ1n) is 10.0. The fraction of sp³-hybridized carbons (Fsp3) is 0.174. The van der Waals surface area contributed by atoms with E-state index >= 15 is 0 Å². The molecule has 0 atom stereocenters. The maximum atomic E-state index is 13.8. The van der Waals surface area contributed by atoms with Crippen molar-refractivity contribution in [2.24, 2.45) is 0 Å². The fourth-order valence-electron chi connectivity index (χ4n) is 3.43. The Morgan fingerprint density at radius 1 is 0.971 bits per heavy atom. The van der Waals surface area contributed by atoms with E-state index in [1.165, 1.54) is 47.0 Å². The lowest BCUT2D eigenvalue weighted by Gasteiger charge is -2.23. The van der Waals surface area contributed by atoms with Crippen LogP contribution in [-0.4, -0.2) is 24.2 Å². The molecule has 0 bridgehead atoms. The highest BCUT2D eigenvalue weighted by molar-refractivity contribution is 7.92. The molecule has 2 heterocycles. The van der Waals surface area contributed by atoms with E-state index in [2.05, 4.69) is 9.72 Å². The standard InChI is InChI=1S/C23H19F4N3O3S/c1-15-3-10-20(11-4-15)34(31,32)30(13-17-5-8-19(9-6-17)33-23(25,26)27)22-16(2)29-14-18(24)7-12-21(29)28-22/h3-12,14H,13H2,1-2H3. The average Bonchev–Trinajstić information content (AvgIpc) is 3.08. The van der Waals surface area contributed by atoms with E-state index in [0.29, 0.717) is 16.9 Å². The van der Waals surface area contributed by atoms with E-state index in [9.17, 15) is 26.0 Å². The number of aryl methyl sites for hydroxylation is 2. The number of alkyl halides is 3. The Kier molecular flexibility index (Phi) is 5.98. The van der Waals surface area contributed by atoms with Gasteiger partial charge in [0.05, 0.1) is 17.1 Å². The first kappa shape index (κ1) is 23.6. The van der Waals surface area contributed by atoms with Crippen molar-refractivity contribution in [3.63, 3.8) is 0 Å². The van der Waals surface area contributed by atoms with Gasteiger partial charge in [0.15, 0.2) is 5.82 Å². The van der Waals surface area contributed by atoms with Gasteiger partial charge in [0, 0.05) is 6.20 Å². The smallest absolute Gasteiger partial charge is 0.406 e. The van der Waals surface area contributed by atoms with Gasteiger partial charge in [-0.05, 0) is 55.8 Å². The predicted octanol–water partition coefficient (Wildman–Crippen LogP) is 5.38. The molecule has 2 aromatic heterocycles. The van der Waals surface area contributed by atoms with E-state index in [1.807, 2.05) is 6.92 Å². The molecule has 0 radical (unpaired) electrons. The number of hydrogen-bond acceptors (Lipinski definition) is 4. The zero-order valence-electron chi connectivity index (χ0n) is 18.0. The normalized spacial score (nSPS) is 12.2. The molecule has 0 saturated heterocycles. The van der Waals surface area contributed by atoms with Crippen molar-refractivity contribution in [3.8, 4) is 5.75 Å². The summed E-state index contributed by atoms with van der Waals surface area (Å²) in [4.78, 5) is 4.41. The molecule has 4 rings (SSSR count). The molecule has 0 aliphatic carbocycles. The fourth-order valence-corrected chi connectivity index (χ4v) is 4.89. The number of halogens is 4. The SMILES string of the molecule is Cc1ccc(S(=O)(=O)N(Cc2ccc(OC(F)(F)F)cc2)c2nc3ccc(F)cn3c2C)cc1. The van der Waals surface area contributed by atoms with Crippen molar-refractivity contribution in [3.05, 3.63) is 89.5 Å². The zero-order valence-corrected chi connectivity index (χ0v) is 18.9. The number of sulfonamides is 1. The van der Waals surface area contributed by atoms with Crippen LogP contribution in [0.1, 0.15) is 16.8 Å². The summed E-state index contributed by atoms with van der Waals surface area (Å²) in [6.45, 7) is 3.20. The van der Waals surface area contributed by atoms with Gasteiger partial charge >= 0.3 is 6.36 Å². The molecule has 6 nitrogen and oxygen atoms in total. The second-order valence-electron chi connectivity index (χ2n) is 7.61. The maximum absolute atomic E-state index is 13.8. The number of aromatic nitrogens is 2. The number of imidazole rings is 1. The van der Waals surface area contributed by atoms with Crippen molar-refractivity contribution in [2.75, 3.05) is 4.31 Å². The number of rotatable bonds is 6. The van der Waals surface area contributed by atoms with Gasteiger partial charge in [0.2, 0.25) is 0 Å². The van der Waals surface area contributed by atoms with Gasteiger partial charge in [0.1, 0.15) is 17.2 Å². The third kappa shape index (κ3) is 4.84. The summed E-state index contributed by atoms with van der Waals surface area (Å²) in [6, 6.07) is 13.7. The van der Waals surface area contributed by atoms with Crippen LogP contribution in [0.15, 0.2) is 71.8 Å². The first-order chi connectivity index (χ1) is 15.9. The minimum Gasteiger partial charge on any atom is -0.406 e. The summed E-state index contributed by atoms with van der Waals surface area (Å²) in [5.74, 6) is -0.877. The molecule has 0 aliphatic heterocycles. The van der Waals surface area contributed by atoms with Crippen molar-refractivity contribution in [2.45, 2.75) is 31.7 Å². The minimum absolute atomic E-state index is 0.0118. The number of fused-ring (bicyclic) bond motifs is 1. The van der Waals surface area contributed by atoms with Crippen LogP contribution in [0.2, 0.25) is 0 Å². The summed E-state index contributed by atoms with van der Waals surface area (Å²) >= 11 is 0. The quantitative estimate of drug-likeness (QED) is 0.338. The van der Waals surface area contributed by atoms with Crippen molar-refractivity contribution in [1.29, 1.82) is 0 Å². The molecule has 0 N–H and O–H groups in total. The molecular formula is C23H19F4N3O3S. The summed E-state index contributed by atoms with van der Waals surface area (Å²) in [7, 11) is -4.14. The third-order valence-electron chi connectivity index (χ3n) is 5.12. The highest BCUT2D eigenvalue weighted by Gasteiger charge is 2.32. The maximum Gasteiger partial charge on any atom is 0.573 e. The second kappa shape index (κ2) is 8.64. The summed E-state index contributed by atoms with van der Waals surface area (Å²) in [5, 5.41) is 0. The summed E-state index contributed by atoms with van der Waals surface area (Å²) in [6.07, 6.45) is -3.65. The monoisotopic (exact) mass is 493 g/mol. The van der Waals surface area contributed by atoms with Crippen molar-refractivity contribution < 1.29 is 30.7 Å². The molecule has 0 unspecified atom stereocenters. The number of anilines is 1. The number of hydrogen-bond donors (Lipinski definition) is 0. The minimum atomic E-state index is -4.84. The molecule has 0 amide bonds. The van der Waals surface area contributed by atoms with Crippen LogP contribution in [0.3, 0.4) is 0 Å². The van der Waals surface area contributed by atoms with Crippen LogP contribution in [0.4, 0.5) is 23.4 Å². The van der Waals surface area contributed by atoms with Crippen molar-refractivity contribution in [1.82, 2.24) is 9.38 Å². The Labute approximate surface area is 193 Å². The van der Waals surface area contributed by atoms with Crippen molar-refractivity contribution >= 4 is 21.5 Å². The molecule has 0 aliphatic rings. The first-order valence-corrected chi connectivity index (χ1v) is 11.5. The van der Waals surface area contributed by atoms with Gasteiger partial charge in [0.25, 0.3) is 10.0 Å². The second-order valence-corrected chi connectivity index (χ2v) is 9.48. The van der Waals surface area contributed by atoms with Gasteiger partial charge in [-0.3, -0.25) is 4.40 Å². The molecule has 4 aromatic rings. The van der Waals surface area contributed by atoms with Gasteiger partial charge < -0.3 is 4.74 Å². The third-order valence-corrected chi connectivity index (χ3v) is 6.87. The number of ether oxygens (including phenoxy) is 1. The van der Waals surface area contributed by atoms with Crippen LogP contribution in [0.5, 0.6) is 5.75 Å². The van der Waals surface area contributed by atoms with E-state index < -0.39 is 28.0 Å². The Morgan fingerprint density at radius 2 is 1.62 bits per heavy atom. The van der Waals surface area contributed by atoms with E-state index in [1.54, 1.807) is 19.1 Å². The van der Waals surface area contributed by atoms with E-state index in [-0.39, 0.29) is 17.3 Å². The Bertz CT molecular complexity index is 1430. The van der Waals surface area contributed by atoms with Gasteiger partial charge in [-0.15, -0.1) is 13.2 Å². The van der Waals surface area contributed by atoms with Crippen LogP contribution in [0, 0.1) is 19.7 Å². The Hall–Kier alpha value is -3.60. The predicted molar refractivity (Wildman–Crippen MR) is 118 cm³/mol. The zero-order chi connectivity index (χ0) is 24.7. The van der Waals surface area contributed by atoms with E-state index in [4.69, 9.17) is 0 Å². The largest absolute Gasteiger partial charge is 0.573 e. The summed E-state index contributed by atoms with van der Waals surface area (Å²) < 4.78 is 84.8. The van der Waals surface area contributed by atoms with Crippen LogP contribution >= 0.6 is 0 Å². The van der Waals surface area contributed by atoms with Gasteiger partial charge in [-0.1, -0.05) is 29.8 Å². The lowest BCUT2D eigenvalue weighted by Crippen LogP contribution is -2.31. The molecule has 34 heavy (non-hydrogen) atoms. The molecule has 2 aromatic carbocycles. The molecule has 11 heteroatoms. The topological polar surface area (TPSA) is 63.9 Å². The van der Waals surface area contributed by atoms with Gasteiger partial charge in [-0.25, -0.2) is 22.1 Å². The number of pyridine rings is 1. The molecule has 0 spiro atoms. The lowest BCUT2D eigenvalue weighted by molar-refractivity contribution is -0.274. The Morgan fingerprint density at radius 3 is 2.24 bits per heavy atom.